The van der Waals surface area contributed by atoms with E-state index in [2.05, 4.69) is 16.0 Å². The van der Waals surface area contributed by atoms with Gasteiger partial charge in [0, 0.05) is 18.3 Å². The Hall–Kier alpha value is -2.61. The number of nitrogens with zero attached hydrogens (tertiary/aromatic N) is 1. The quantitative estimate of drug-likeness (QED) is 0.662. The van der Waals surface area contributed by atoms with Crippen molar-refractivity contribution in [2.75, 3.05) is 32.1 Å². The number of hydrogen-bond acceptors (Lipinski definition) is 5. The number of methoxy groups -OCH3 is 1. The topological polar surface area (TPSA) is 99.8 Å². The molecule has 8 heteroatoms. The van der Waals surface area contributed by atoms with Crippen molar-refractivity contribution in [1.29, 1.82) is 0 Å². The van der Waals surface area contributed by atoms with Crippen molar-refractivity contribution in [1.82, 2.24) is 15.5 Å². The third kappa shape index (κ3) is 6.73. The lowest BCUT2D eigenvalue weighted by atomic mass is 9.93. The highest BCUT2D eigenvalue weighted by atomic mass is 16.5. The molecule has 1 aromatic rings. The molecule has 1 heterocycles. The number of imide groups is 1. The standard InChI is InChI=1S/C22H32N4O4/c1-30-19-11-9-18(10-12-19)24-22(29)25-20(27)15-26-13-5-6-16(14-26)21(28)23-17-7-3-2-4-8-17/h9-12,16-17H,2-8,13-15H2,1H3,(H,23,28)(H2,24,25,27,29). The van der Waals surface area contributed by atoms with Crippen LogP contribution in [-0.2, 0) is 9.59 Å². The van der Waals surface area contributed by atoms with E-state index in [4.69, 9.17) is 4.74 Å². The average Bonchev–Trinajstić information content (AvgIpc) is 2.75. The summed E-state index contributed by atoms with van der Waals surface area (Å²) in [7, 11) is 1.57. The summed E-state index contributed by atoms with van der Waals surface area (Å²) in [4.78, 5) is 38.9. The number of hydrogen-bond donors (Lipinski definition) is 3. The second-order valence-electron chi connectivity index (χ2n) is 8.15. The molecule has 0 radical (unpaired) electrons. The minimum Gasteiger partial charge on any atom is -0.497 e. The number of piperidine rings is 1. The molecule has 0 aromatic heterocycles. The van der Waals surface area contributed by atoms with E-state index in [9.17, 15) is 14.4 Å². The summed E-state index contributed by atoms with van der Waals surface area (Å²) in [6.07, 6.45) is 7.45. The molecule has 30 heavy (non-hydrogen) atoms. The highest BCUT2D eigenvalue weighted by Crippen LogP contribution is 2.20. The lowest BCUT2D eigenvalue weighted by Gasteiger charge is -2.33. The van der Waals surface area contributed by atoms with Crippen molar-refractivity contribution in [3.05, 3.63) is 24.3 Å². The van der Waals surface area contributed by atoms with E-state index in [0.29, 0.717) is 24.0 Å². The molecule has 1 aliphatic carbocycles. The molecule has 4 amide bonds. The summed E-state index contributed by atoms with van der Waals surface area (Å²) >= 11 is 0. The molecule has 1 aliphatic heterocycles. The molecule has 0 bridgehead atoms. The van der Waals surface area contributed by atoms with Crippen molar-refractivity contribution in [3.8, 4) is 5.75 Å². The number of amides is 4. The van der Waals surface area contributed by atoms with Crippen LogP contribution < -0.4 is 20.7 Å². The summed E-state index contributed by atoms with van der Waals surface area (Å²) in [6.45, 7) is 1.40. The number of rotatable bonds is 6. The van der Waals surface area contributed by atoms with Crippen LogP contribution in [0.25, 0.3) is 0 Å². The Labute approximate surface area is 177 Å². The minimum absolute atomic E-state index is 0.0957. The highest BCUT2D eigenvalue weighted by molar-refractivity contribution is 6.01. The monoisotopic (exact) mass is 416 g/mol. The van der Waals surface area contributed by atoms with Crippen LogP contribution in [0.2, 0.25) is 0 Å². The number of anilines is 1. The zero-order chi connectivity index (χ0) is 21.3. The lowest BCUT2D eigenvalue weighted by Crippen LogP contribution is -2.49. The summed E-state index contributed by atoms with van der Waals surface area (Å²) in [5, 5.41) is 8.17. The SMILES string of the molecule is COc1ccc(NC(=O)NC(=O)CN2CCCC(C(=O)NC3CCCCC3)C2)cc1. The molecule has 164 valence electrons. The molecule has 1 aromatic carbocycles. The van der Waals surface area contributed by atoms with E-state index >= 15 is 0 Å². The molecule has 1 saturated carbocycles. The second kappa shape index (κ2) is 11.0. The Morgan fingerprint density at radius 2 is 1.77 bits per heavy atom. The van der Waals surface area contributed by atoms with Gasteiger partial charge in [0.25, 0.3) is 0 Å². The lowest BCUT2D eigenvalue weighted by molar-refractivity contribution is -0.129. The van der Waals surface area contributed by atoms with Crippen LogP contribution in [0.3, 0.4) is 0 Å². The van der Waals surface area contributed by atoms with Gasteiger partial charge in [0.2, 0.25) is 11.8 Å². The molecule has 0 spiro atoms. The minimum atomic E-state index is -0.575. The Balaban J connectivity index is 1.41. The van der Waals surface area contributed by atoms with Gasteiger partial charge in [-0.1, -0.05) is 19.3 Å². The number of carbonyl (C=O) groups excluding carboxylic acids is 3. The van der Waals surface area contributed by atoms with Crippen LogP contribution in [0.4, 0.5) is 10.5 Å². The van der Waals surface area contributed by atoms with E-state index < -0.39 is 6.03 Å². The van der Waals surface area contributed by atoms with Gasteiger partial charge in [-0.15, -0.1) is 0 Å². The Bertz CT molecular complexity index is 731. The van der Waals surface area contributed by atoms with Crippen molar-refractivity contribution in [2.45, 2.75) is 51.0 Å². The maximum atomic E-state index is 12.6. The van der Waals surface area contributed by atoms with E-state index in [1.54, 1.807) is 31.4 Å². The normalized spacial score (nSPS) is 20.2. The highest BCUT2D eigenvalue weighted by Gasteiger charge is 2.28. The first-order valence-electron chi connectivity index (χ1n) is 10.8. The number of nitrogens with one attached hydrogen (secondary N) is 3. The zero-order valence-electron chi connectivity index (χ0n) is 17.6. The van der Waals surface area contributed by atoms with Gasteiger partial charge in [-0.2, -0.15) is 0 Å². The van der Waals surface area contributed by atoms with E-state index in [-0.39, 0.29) is 24.3 Å². The second-order valence-corrected chi connectivity index (χ2v) is 8.15. The van der Waals surface area contributed by atoms with Crippen LogP contribution >= 0.6 is 0 Å². The molecule has 1 unspecified atom stereocenters. The molecule has 3 N–H and O–H groups in total. The van der Waals surface area contributed by atoms with Crippen molar-refractivity contribution < 1.29 is 19.1 Å². The van der Waals surface area contributed by atoms with Gasteiger partial charge in [0.05, 0.1) is 19.6 Å². The molecule has 3 rings (SSSR count). The number of carbonyl (C=O) groups is 3. The van der Waals surface area contributed by atoms with Crippen molar-refractivity contribution in [3.63, 3.8) is 0 Å². The number of benzene rings is 1. The van der Waals surface area contributed by atoms with Gasteiger partial charge in [-0.25, -0.2) is 4.79 Å². The number of urea groups is 1. The predicted molar refractivity (Wildman–Crippen MR) is 114 cm³/mol. The van der Waals surface area contributed by atoms with Gasteiger partial charge in [-0.3, -0.25) is 19.8 Å². The molecular weight excluding hydrogens is 384 g/mol. The fourth-order valence-corrected chi connectivity index (χ4v) is 4.19. The summed E-state index contributed by atoms with van der Waals surface area (Å²) in [5.41, 5.74) is 0.568. The van der Waals surface area contributed by atoms with E-state index in [0.717, 1.165) is 32.2 Å². The largest absolute Gasteiger partial charge is 0.497 e. The molecule has 1 saturated heterocycles. The van der Waals surface area contributed by atoms with Crippen molar-refractivity contribution >= 4 is 23.5 Å². The maximum Gasteiger partial charge on any atom is 0.325 e. The fraction of sp³-hybridized carbons (Fsp3) is 0.591. The van der Waals surface area contributed by atoms with Gasteiger partial charge in [0.1, 0.15) is 5.75 Å². The first-order chi connectivity index (χ1) is 14.5. The third-order valence-electron chi connectivity index (χ3n) is 5.80. The van der Waals surface area contributed by atoms with Gasteiger partial charge in [-0.05, 0) is 56.5 Å². The van der Waals surface area contributed by atoms with E-state index in [1.165, 1.54) is 19.3 Å². The van der Waals surface area contributed by atoms with Crippen LogP contribution in [-0.4, -0.2) is 55.5 Å². The fourth-order valence-electron chi connectivity index (χ4n) is 4.19. The predicted octanol–water partition coefficient (Wildman–Crippen LogP) is 2.50. The first kappa shape index (κ1) is 22.1. The van der Waals surface area contributed by atoms with Crippen LogP contribution in [0.5, 0.6) is 5.75 Å². The summed E-state index contributed by atoms with van der Waals surface area (Å²) < 4.78 is 5.07. The third-order valence-corrected chi connectivity index (χ3v) is 5.80. The number of ether oxygens (including phenoxy) is 1. The van der Waals surface area contributed by atoms with E-state index in [1.807, 2.05) is 4.90 Å². The zero-order valence-corrected chi connectivity index (χ0v) is 17.6. The van der Waals surface area contributed by atoms with Crippen molar-refractivity contribution in [2.24, 2.45) is 5.92 Å². The summed E-state index contributed by atoms with van der Waals surface area (Å²) in [5.74, 6) is 0.310. The Kier molecular flexibility index (Phi) is 8.07. The van der Waals surface area contributed by atoms with Crippen LogP contribution in [0.15, 0.2) is 24.3 Å². The van der Waals surface area contributed by atoms with Crippen LogP contribution in [0, 0.1) is 5.92 Å². The molecule has 2 fully saturated rings. The summed E-state index contributed by atoms with van der Waals surface area (Å²) in [6, 6.07) is 6.57. The smallest absolute Gasteiger partial charge is 0.325 e. The Morgan fingerprint density at radius 3 is 2.47 bits per heavy atom. The molecule has 8 nitrogen and oxygen atoms in total. The van der Waals surface area contributed by atoms with Gasteiger partial charge < -0.3 is 15.4 Å². The van der Waals surface area contributed by atoms with Crippen LogP contribution in [0.1, 0.15) is 44.9 Å². The number of likely N-dealkylation sites (tertiary alicyclic amines) is 1. The molecule has 2 aliphatic rings. The Morgan fingerprint density at radius 1 is 1.03 bits per heavy atom. The molecular formula is C22H32N4O4. The maximum absolute atomic E-state index is 12.6. The van der Waals surface area contributed by atoms with Gasteiger partial charge in [0.15, 0.2) is 0 Å². The van der Waals surface area contributed by atoms with Gasteiger partial charge >= 0.3 is 6.03 Å². The first-order valence-corrected chi connectivity index (χ1v) is 10.8. The molecule has 1 atom stereocenters. The average molecular weight is 417 g/mol.